The van der Waals surface area contributed by atoms with Crippen LogP contribution in [0.1, 0.15) is 30.1 Å². The van der Waals surface area contributed by atoms with Crippen LogP contribution in [0.3, 0.4) is 0 Å². The van der Waals surface area contributed by atoms with Crippen molar-refractivity contribution in [2.24, 2.45) is 0 Å². The standard InChI is InChI=1S/C20H22ClN3O4/c1-13(25)23-18-10-7-15(12-17(18)21)24-19(26)4-3-11-22-20(27)14-5-8-16(28-2)9-6-14/h5-10,12H,3-4,11H2,1-2H3,(H,22,27)(H,23,25)(H,24,26). The number of nitrogens with one attached hydrogen (secondary N) is 3. The Balaban J connectivity index is 1.74. The SMILES string of the molecule is COc1ccc(C(=O)NCCCC(=O)Nc2ccc(NC(C)=O)c(Cl)c2)cc1. The summed E-state index contributed by atoms with van der Waals surface area (Å²) >= 11 is 6.07. The summed E-state index contributed by atoms with van der Waals surface area (Å²) in [6.07, 6.45) is 0.736. The van der Waals surface area contributed by atoms with Gasteiger partial charge in [-0.3, -0.25) is 14.4 Å². The Hall–Kier alpha value is -3.06. The lowest BCUT2D eigenvalue weighted by Crippen LogP contribution is -2.25. The number of benzene rings is 2. The Bertz CT molecular complexity index is 853. The molecule has 0 heterocycles. The molecular weight excluding hydrogens is 382 g/mol. The third-order valence-electron chi connectivity index (χ3n) is 3.78. The van der Waals surface area contributed by atoms with Crippen LogP contribution in [0.25, 0.3) is 0 Å². The van der Waals surface area contributed by atoms with Gasteiger partial charge in [-0.2, -0.15) is 0 Å². The third-order valence-corrected chi connectivity index (χ3v) is 4.09. The predicted octanol–water partition coefficient (Wildman–Crippen LogP) is 3.46. The van der Waals surface area contributed by atoms with Crippen LogP contribution in [-0.4, -0.2) is 31.4 Å². The number of rotatable bonds is 8. The van der Waals surface area contributed by atoms with Gasteiger partial charge in [0.25, 0.3) is 5.91 Å². The molecule has 0 saturated heterocycles. The highest BCUT2D eigenvalue weighted by Crippen LogP contribution is 2.25. The van der Waals surface area contributed by atoms with E-state index in [1.54, 1.807) is 49.6 Å². The molecule has 0 bridgehead atoms. The molecule has 0 fully saturated rings. The summed E-state index contributed by atoms with van der Waals surface area (Å²) in [6.45, 7) is 1.76. The van der Waals surface area contributed by atoms with E-state index in [9.17, 15) is 14.4 Å². The van der Waals surface area contributed by atoms with Gasteiger partial charge in [0.05, 0.1) is 17.8 Å². The summed E-state index contributed by atoms with van der Waals surface area (Å²) < 4.78 is 5.05. The minimum Gasteiger partial charge on any atom is -0.497 e. The molecule has 2 aromatic rings. The van der Waals surface area contributed by atoms with Gasteiger partial charge in [0.1, 0.15) is 5.75 Å². The van der Waals surface area contributed by atoms with Gasteiger partial charge in [-0.15, -0.1) is 0 Å². The van der Waals surface area contributed by atoms with Crippen molar-refractivity contribution < 1.29 is 19.1 Å². The van der Waals surface area contributed by atoms with E-state index in [-0.39, 0.29) is 24.1 Å². The van der Waals surface area contributed by atoms with Gasteiger partial charge in [-0.05, 0) is 48.9 Å². The maximum atomic E-state index is 12.0. The zero-order chi connectivity index (χ0) is 20.5. The molecule has 0 saturated carbocycles. The first-order valence-corrected chi connectivity index (χ1v) is 9.06. The number of amides is 3. The van der Waals surface area contributed by atoms with Gasteiger partial charge >= 0.3 is 0 Å². The first-order valence-electron chi connectivity index (χ1n) is 8.68. The highest BCUT2D eigenvalue weighted by atomic mass is 35.5. The van der Waals surface area contributed by atoms with E-state index in [2.05, 4.69) is 16.0 Å². The molecule has 2 rings (SSSR count). The summed E-state index contributed by atoms with van der Waals surface area (Å²) in [5, 5.41) is 8.43. The van der Waals surface area contributed by atoms with Crippen LogP contribution < -0.4 is 20.7 Å². The van der Waals surface area contributed by atoms with Crippen LogP contribution >= 0.6 is 11.6 Å². The fourth-order valence-corrected chi connectivity index (χ4v) is 2.63. The lowest BCUT2D eigenvalue weighted by atomic mass is 10.2. The molecule has 0 aromatic heterocycles. The summed E-state index contributed by atoms with van der Waals surface area (Å²) in [6, 6.07) is 11.6. The van der Waals surface area contributed by atoms with E-state index in [0.29, 0.717) is 40.7 Å². The Labute approximate surface area is 168 Å². The molecule has 3 amide bonds. The van der Waals surface area contributed by atoms with Gasteiger partial charge in [0, 0.05) is 31.1 Å². The number of carbonyl (C=O) groups is 3. The molecule has 148 valence electrons. The van der Waals surface area contributed by atoms with Crippen molar-refractivity contribution in [3.05, 3.63) is 53.1 Å². The van der Waals surface area contributed by atoms with Crippen molar-refractivity contribution in [1.82, 2.24) is 5.32 Å². The minimum atomic E-state index is -0.227. The van der Waals surface area contributed by atoms with Gasteiger partial charge in [0.2, 0.25) is 11.8 Å². The first-order chi connectivity index (χ1) is 13.4. The Morgan fingerprint density at radius 2 is 1.75 bits per heavy atom. The number of hydrogen-bond donors (Lipinski definition) is 3. The molecule has 0 unspecified atom stereocenters. The molecule has 0 radical (unpaired) electrons. The van der Waals surface area contributed by atoms with Crippen molar-refractivity contribution in [3.8, 4) is 5.75 Å². The average Bonchev–Trinajstić information content (AvgIpc) is 2.67. The van der Waals surface area contributed by atoms with E-state index < -0.39 is 0 Å². The first kappa shape index (κ1) is 21.2. The Morgan fingerprint density at radius 1 is 1.04 bits per heavy atom. The molecule has 0 spiro atoms. The monoisotopic (exact) mass is 403 g/mol. The average molecular weight is 404 g/mol. The van der Waals surface area contributed by atoms with Gasteiger partial charge in [0.15, 0.2) is 0 Å². The van der Waals surface area contributed by atoms with Crippen LogP contribution in [0.4, 0.5) is 11.4 Å². The Morgan fingerprint density at radius 3 is 2.36 bits per heavy atom. The number of methoxy groups -OCH3 is 1. The fourth-order valence-electron chi connectivity index (χ4n) is 2.40. The van der Waals surface area contributed by atoms with E-state index in [1.807, 2.05) is 0 Å². The van der Waals surface area contributed by atoms with Crippen LogP contribution in [-0.2, 0) is 9.59 Å². The number of ether oxygens (including phenoxy) is 1. The molecule has 7 nitrogen and oxygen atoms in total. The van der Waals surface area contributed by atoms with Gasteiger partial charge in [-0.25, -0.2) is 0 Å². The summed E-state index contributed by atoms with van der Waals surface area (Å²) in [7, 11) is 1.56. The number of anilines is 2. The molecule has 8 heteroatoms. The van der Waals surface area contributed by atoms with Gasteiger partial charge < -0.3 is 20.7 Å². The fraction of sp³-hybridized carbons (Fsp3) is 0.250. The van der Waals surface area contributed by atoms with Crippen molar-refractivity contribution >= 4 is 40.7 Å². The Kier molecular flexibility index (Phi) is 7.83. The highest BCUT2D eigenvalue weighted by Gasteiger charge is 2.08. The maximum absolute atomic E-state index is 12.0. The molecular formula is C20H22ClN3O4. The second-order valence-electron chi connectivity index (χ2n) is 6.01. The quantitative estimate of drug-likeness (QED) is 0.588. The molecule has 0 aliphatic heterocycles. The predicted molar refractivity (Wildman–Crippen MR) is 109 cm³/mol. The zero-order valence-corrected chi connectivity index (χ0v) is 16.4. The number of carbonyl (C=O) groups excluding carboxylic acids is 3. The molecule has 2 aromatic carbocycles. The molecule has 28 heavy (non-hydrogen) atoms. The zero-order valence-electron chi connectivity index (χ0n) is 15.7. The molecule has 3 N–H and O–H groups in total. The number of hydrogen-bond acceptors (Lipinski definition) is 4. The largest absolute Gasteiger partial charge is 0.497 e. The van der Waals surface area contributed by atoms with Crippen LogP contribution in [0, 0.1) is 0 Å². The lowest BCUT2D eigenvalue weighted by Gasteiger charge is -2.09. The number of halogens is 1. The second-order valence-corrected chi connectivity index (χ2v) is 6.42. The van der Waals surface area contributed by atoms with Crippen molar-refractivity contribution in [1.29, 1.82) is 0 Å². The maximum Gasteiger partial charge on any atom is 0.251 e. The topological polar surface area (TPSA) is 96.5 Å². The third kappa shape index (κ3) is 6.59. The summed E-state index contributed by atoms with van der Waals surface area (Å²) in [4.78, 5) is 35.1. The smallest absolute Gasteiger partial charge is 0.251 e. The highest BCUT2D eigenvalue weighted by molar-refractivity contribution is 6.34. The summed E-state index contributed by atoms with van der Waals surface area (Å²) in [5.41, 5.74) is 1.54. The van der Waals surface area contributed by atoms with E-state index >= 15 is 0 Å². The van der Waals surface area contributed by atoms with Crippen molar-refractivity contribution in [3.63, 3.8) is 0 Å². The molecule has 0 aliphatic rings. The van der Waals surface area contributed by atoms with Crippen LogP contribution in [0.2, 0.25) is 5.02 Å². The molecule has 0 atom stereocenters. The molecule has 0 aliphatic carbocycles. The van der Waals surface area contributed by atoms with E-state index in [4.69, 9.17) is 16.3 Å². The van der Waals surface area contributed by atoms with Gasteiger partial charge in [-0.1, -0.05) is 11.6 Å². The minimum absolute atomic E-state index is 0.193. The second kappa shape index (κ2) is 10.3. The van der Waals surface area contributed by atoms with Crippen LogP contribution in [0.15, 0.2) is 42.5 Å². The normalized spacial score (nSPS) is 10.1. The summed E-state index contributed by atoms with van der Waals surface area (Å²) in [5.74, 6) is 0.0549. The van der Waals surface area contributed by atoms with E-state index in [1.165, 1.54) is 6.92 Å². The van der Waals surface area contributed by atoms with E-state index in [0.717, 1.165) is 0 Å². The lowest BCUT2D eigenvalue weighted by molar-refractivity contribution is -0.116. The van der Waals surface area contributed by atoms with Crippen molar-refractivity contribution in [2.75, 3.05) is 24.3 Å². The van der Waals surface area contributed by atoms with Crippen molar-refractivity contribution in [2.45, 2.75) is 19.8 Å². The van der Waals surface area contributed by atoms with Crippen LogP contribution in [0.5, 0.6) is 5.75 Å².